The minimum Gasteiger partial charge on any atom is -0.481 e. The Hall–Kier alpha value is -3.80. The summed E-state index contributed by atoms with van der Waals surface area (Å²) in [5.74, 6) is -1.33. The Kier molecular flexibility index (Phi) is 19.6. The van der Waals surface area contributed by atoms with Crippen LogP contribution in [-0.4, -0.2) is 89.7 Å². The number of benzene rings is 2. The molecule has 2 fully saturated rings. The molecule has 0 aromatic heterocycles. The van der Waals surface area contributed by atoms with Crippen molar-refractivity contribution in [3.63, 3.8) is 0 Å². The fourth-order valence-electron chi connectivity index (χ4n) is 6.87. The average Bonchev–Trinajstić information content (AvgIpc) is 3.85. The van der Waals surface area contributed by atoms with Gasteiger partial charge in [0.2, 0.25) is 5.91 Å². The second-order valence-electron chi connectivity index (χ2n) is 14.1. The van der Waals surface area contributed by atoms with Gasteiger partial charge in [0.1, 0.15) is 12.1 Å². The van der Waals surface area contributed by atoms with Gasteiger partial charge in [-0.15, -0.1) is 0 Å². The topological polar surface area (TPSA) is 149 Å². The normalized spacial score (nSPS) is 16.6. The van der Waals surface area contributed by atoms with Crippen LogP contribution in [0.1, 0.15) is 86.5 Å². The van der Waals surface area contributed by atoms with E-state index in [1.807, 2.05) is 62.4 Å². The van der Waals surface area contributed by atoms with E-state index in [4.69, 9.17) is 24.1 Å². The van der Waals surface area contributed by atoms with Gasteiger partial charge in [0, 0.05) is 33.9 Å². The number of methoxy groups -OCH3 is 4. The first-order valence-corrected chi connectivity index (χ1v) is 18.4. The average molecular weight is 727 g/mol. The molecule has 2 aliphatic rings. The zero-order valence-electron chi connectivity index (χ0n) is 32.4. The van der Waals surface area contributed by atoms with Crippen molar-refractivity contribution in [2.45, 2.75) is 103 Å². The van der Waals surface area contributed by atoms with E-state index in [0.717, 1.165) is 68.1 Å². The van der Waals surface area contributed by atoms with Gasteiger partial charge < -0.3 is 34.7 Å². The molecule has 11 heteroatoms. The molecule has 2 aromatic carbocycles. The Morgan fingerprint density at radius 2 is 1.04 bits per heavy atom. The number of carbonyl (C=O) groups excluding carboxylic acids is 3. The van der Waals surface area contributed by atoms with Crippen LogP contribution < -0.4 is 10.6 Å². The molecule has 2 aromatic rings. The SMILES string of the molecule is CN[C@@H](Cc1ccc(C)cc1)C(=O)OC.COCCC1(C(=O)N[C@@H](Cc2ccc(C)cc2)C(=O)OC)CCCC1.COCCC1(C(=O)O)CCCC1. The fraction of sp³-hybridized carbons (Fsp3) is 0.610. The minimum atomic E-state index is -0.666. The predicted octanol–water partition coefficient (Wildman–Crippen LogP) is 5.76. The summed E-state index contributed by atoms with van der Waals surface area (Å²) < 4.78 is 19.7. The molecule has 0 spiro atoms. The molecule has 2 atom stereocenters. The third-order valence-electron chi connectivity index (χ3n) is 10.4. The summed E-state index contributed by atoms with van der Waals surface area (Å²) in [4.78, 5) is 47.5. The smallest absolute Gasteiger partial charge is 0.328 e. The molecule has 3 N–H and O–H groups in total. The van der Waals surface area contributed by atoms with Crippen molar-refractivity contribution in [1.82, 2.24) is 10.6 Å². The predicted molar refractivity (Wildman–Crippen MR) is 201 cm³/mol. The van der Waals surface area contributed by atoms with Gasteiger partial charge in [-0.2, -0.15) is 0 Å². The van der Waals surface area contributed by atoms with Crippen LogP contribution >= 0.6 is 0 Å². The van der Waals surface area contributed by atoms with E-state index < -0.39 is 28.8 Å². The lowest BCUT2D eigenvalue weighted by atomic mass is 9.81. The van der Waals surface area contributed by atoms with Gasteiger partial charge in [-0.1, -0.05) is 85.3 Å². The molecule has 4 rings (SSSR count). The lowest BCUT2D eigenvalue weighted by Gasteiger charge is -2.29. The second-order valence-corrected chi connectivity index (χ2v) is 14.1. The summed E-state index contributed by atoms with van der Waals surface area (Å²) in [6, 6.07) is 15.2. The first-order valence-electron chi connectivity index (χ1n) is 18.4. The highest BCUT2D eigenvalue weighted by atomic mass is 16.5. The summed E-state index contributed by atoms with van der Waals surface area (Å²) in [6.07, 6.45) is 9.97. The number of carboxylic acids is 1. The molecule has 290 valence electrons. The van der Waals surface area contributed by atoms with Gasteiger partial charge >= 0.3 is 17.9 Å². The third kappa shape index (κ3) is 14.0. The second kappa shape index (κ2) is 23.0. The van der Waals surface area contributed by atoms with Crippen molar-refractivity contribution in [1.29, 1.82) is 0 Å². The maximum atomic E-state index is 13.0. The van der Waals surface area contributed by atoms with Crippen LogP contribution in [-0.2, 0) is 51.0 Å². The summed E-state index contributed by atoms with van der Waals surface area (Å²) in [7, 11) is 7.78. The van der Waals surface area contributed by atoms with Gasteiger partial charge in [0.05, 0.1) is 25.0 Å². The van der Waals surface area contributed by atoms with E-state index in [9.17, 15) is 19.2 Å². The largest absolute Gasteiger partial charge is 0.481 e. The van der Waals surface area contributed by atoms with Gasteiger partial charge in [-0.3, -0.25) is 14.4 Å². The number of amides is 1. The van der Waals surface area contributed by atoms with Crippen molar-refractivity contribution in [2.75, 3.05) is 48.7 Å². The molecular formula is C41H62N2O9. The molecule has 2 aliphatic carbocycles. The highest BCUT2D eigenvalue weighted by Crippen LogP contribution is 2.42. The van der Waals surface area contributed by atoms with Gasteiger partial charge in [-0.25, -0.2) is 4.79 Å². The van der Waals surface area contributed by atoms with Gasteiger partial charge in [-0.05, 0) is 77.0 Å². The van der Waals surface area contributed by atoms with Crippen LogP contribution in [0.3, 0.4) is 0 Å². The van der Waals surface area contributed by atoms with E-state index in [-0.39, 0.29) is 17.9 Å². The molecule has 11 nitrogen and oxygen atoms in total. The van der Waals surface area contributed by atoms with Crippen LogP contribution in [0.15, 0.2) is 48.5 Å². The molecule has 0 heterocycles. The molecule has 0 radical (unpaired) electrons. The highest BCUT2D eigenvalue weighted by Gasteiger charge is 2.42. The number of aryl methyl sites for hydroxylation is 2. The Labute approximate surface area is 310 Å². The van der Waals surface area contributed by atoms with E-state index in [0.29, 0.717) is 38.9 Å². The van der Waals surface area contributed by atoms with Gasteiger partial charge in [0.25, 0.3) is 0 Å². The molecule has 1 amide bonds. The molecule has 0 bridgehead atoms. The zero-order valence-corrected chi connectivity index (χ0v) is 32.4. The first kappa shape index (κ1) is 44.4. The Bertz CT molecular complexity index is 1370. The number of esters is 2. The fourth-order valence-corrected chi connectivity index (χ4v) is 6.87. The molecule has 0 saturated heterocycles. The van der Waals surface area contributed by atoms with Crippen LogP contribution in [0, 0.1) is 24.7 Å². The molecule has 0 aliphatic heterocycles. The molecule has 52 heavy (non-hydrogen) atoms. The number of hydrogen-bond acceptors (Lipinski definition) is 9. The van der Waals surface area contributed by atoms with Crippen LogP contribution in [0.5, 0.6) is 0 Å². The third-order valence-corrected chi connectivity index (χ3v) is 10.4. The number of nitrogens with one attached hydrogen (secondary N) is 2. The number of ether oxygens (including phenoxy) is 4. The number of hydrogen-bond donors (Lipinski definition) is 3. The standard InChI is InChI=1S/C20H29NO4.C12H17NO2.C9H16O3/c1-15-6-8-16(9-7-15)14-17(18(22)25-3)21-19(23)20(12-13-24-2)10-4-5-11-20;1-9-4-6-10(7-5-9)8-11(13-2)12(14)15-3;1-12-7-6-9(8(10)11)4-2-3-5-9/h6-9,17H,4-5,10-14H2,1-3H3,(H,21,23);4-7,11,13H,8H2,1-3H3;2-7H2,1H3,(H,10,11)/t17-;11-;/m00./s1. The van der Waals surface area contributed by atoms with Crippen molar-refractivity contribution >= 4 is 23.8 Å². The van der Waals surface area contributed by atoms with E-state index in [1.54, 1.807) is 21.3 Å². The molecule has 0 unspecified atom stereocenters. The van der Waals surface area contributed by atoms with Crippen molar-refractivity contribution in [3.8, 4) is 0 Å². The lowest BCUT2D eigenvalue weighted by Crippen LogP contribution is -2.49. The van der Waals surface area contributed by atoms with Crippen LogP contribution in [0.25, 0.3) is 0 Å². The number of likely N-dealkylation sites (N-methyl/N-ethyl adjacent to an activating group) is 1. The quantitative estimate of drug-likeness (QED) is 0.182. The highest BCUT2D eigenvalue weighted by molar-refractivity contribution is 5.88. The Morgan fingerprint density at radius 1 is 0.654 bits per heavy atom. The summed E-state index contributed by atoms with van der Waals surface area (Å²) in [5.41, 5.74) is 3.62. The Morgan fingerprint density at radius 3 is 1.42 bits per heavy atom. The van der Waals surface area contributed by atoms with E-state index in [2.05, 4.69) is 10.6 Å². The van der Waals surface area contributed by atoms with Gasteiger partial charge in [0.15, 0.2) is 0 Å². The van der Waals surface area contributed by atoms with E-state index >= 15 is 0 Å². The van der Waals surface area contributed by atoms with Crippen LogP contribution in [0.2, 0.25) is 0 Å². The maximum Gasteiger partial charge on any atom is 0.328 e. The lowest BCUT2D eigenvalue weighted by molar-refractivity contribution is -0.149. The zero-order chi connectivity index (χ0) is 38.6. The molecule has 2 saturated carbocycles. The first-order chi connectivity index (χ1) is 24.9. The van der Waals surface area contributed by atoms with Crippen molar-refractivity contribution < 1.29 is 43.2 Å². The summed E-state index contributed by atoms with van der Waals surface area (Å²) >= 11 is 0. The summed E-state index contributed by atoms with van der Waals surface area (Å²) in [6.45, 7) is 5.17. The number of aliphatic carboxylic acids is 1. The number of rotatable bonds is 16. The van der Waals surface area contributed by atoms with Crippen molar-refractivity contribution in [3.05, 3.63) is 70.8 Å². The molecular weight excluding hydrogens is 664 g/mol. The monoisotopic (exact) mass is 726 g/mol. The summed E-state index contributed by atoms with van der Waals surface area (Å²) in [5, 5.41) is 14.9. The van der Waals surface area contributed by atoms with E-state index in [1.165, 1.54) is 19.8 Å². The van der Waals surface area contributed by atoms with Crippen molar-refractivity contribution in [2.24, 2.45) is 10.8 Å². The number of carboxylic acid groups (broad SMARTS) is 1. The van der Waals surface area contributed by atoms with Crippen LogP contribution in [0.4, 0.5) is 0 Å². The minimum absolute atomic E-state index is 0.0513. The maximum absolute atomic E-state index is 13.0. The Balaban J connectivity index is 0.000000295. The number of carbonyl (C=O) groups is 4.